The van der Waals surface area contributed by atoms with Gasteiger partial charge >= 0.3 is 7.82 Å². The van der Waals surface area contributed by atoms with Gasteiger partial charge in [0.05, 0.1) is 13.7 Å². The molecule has 8 N–H and O–H groups in total. The van der Waals surface area contributed by atoms with Gasteiger partial charge < -0.3 is 39.8 Å². The van der Waals surface area contributed by atoms with Gasteiger partial charge in [-0.3, -0.25) is 4.52 Å². The van der Waals surface area contributed by atoms with Crippen LogP contribution in [-0.4, -0.2) is 74.6 Å². The van der Waals surface area contributed by atoms with Crippen LogP contribution >= 0.6 is 7.82 Å². The normalized spacial score (nSPS) is 17.7. The van der Waals surface area contributed by atoms with Crippen LogP contribution in [0.4, 0.5) is 0 Å². The first-order chi connectivity index (χ1) is 8.60. The molecule has 0 radical (unpaired) electrons. The van der Waals surface area contributed by atoms with Crippen molar-refractivity contribution in [1.82, 2.24) is 0 Å². The summed E-state index contributed by atoms with van der Waals surface area (Å²) < 4.78 is 14.1. The maximum Gasteiger partial charge on any atom is 0.469 e. The van der Waals surface area contributed by atoms with Crippen LogP contribution in [-0.2, 0) is 18.7 Å². The van der Waals surface area contributed by atoms with Gasteiger partial charge in [-0.25, -0.2) is 10.5 Å². The second-order valence-electron chi connectivity index (χ2n) is 3.20. The summed E-state index contributed by atoms with van der Waals surface area (Å²) in [6, 6.07) is 0. The highest BCUT2D eigenvalue weighted by atomic mass is 31.2. The summed E-state index contributed by atoms with van der Waals surface area (Å²) in [5.41, 5.74) is 0. The zero-order chi connectivity index (χ0) is 15.6. The number of rotatable bonds is 7. The average Bonchev–Trinajstić information content (AvgIpc) is 2.33. The summed E-state index contributed by atoms with van der Waals surface area (Å²) in [7, 11) is -3.40. The highest BCUT2D eigenvalue weighted by Gasteiger charge is 2.31. The number of hydrogen-bond donors (Lipinski definition) is 7. The number of aliphatic hydroxyl groups excluding tert-OH is 4. The second kappa shape index (κ2) is 10.3. The van der Waals surface area contributed by atoms with Gasteiger partial charge in [-0.15, -0.1) is 0 Å². The molecule has 0 spiro atoms. The van der Waals surface area contributed by atoms with E-state index in [1.807, 2.05) is 0 Å². The SMILES string of the molecule is CON.O=C[C@H](O)[C@@H](O)[C@H](O)[C@H](O)COP(=O)(O)O. The Kier molecular flexibility index (Phi) is 11.3. The topological polar surface area (TPSA) is 200 Å². The fourth-order valence-corrected chi connectivity index (χ4v) is 1.13. The predicted molar refractivity (Wildman–Crippen MR) is 59.3 cm³/mol. The van der Waals surface area contributed by atoms with Crippen LogP contribution in [0.1, 0.15) is 0 Å². The molecule has 0 saturated heterocycles. The number of phosphoric acid groups is 1. The summed E-state index contributed by atoms with van der Waals surface area (Å²) in [6.45, 7) is -0.964. The third-order valence-corrected chi connectivity index (χ3v) is 2.13. The maximum absolute atomic E-state index is 10.2. The van der Waals surface area contributed by atoms with Crippen molar-refractivity contribution in [3.05, 3.63) is 0 Å². The number of aliphatic hydroxyl groups is 4. The van der Waals surface area contributed by atoms with E-state index in [1.54, 1.807) is 0 Å². The molecule has 0 amide bonds. The first kappa shape index (κ1) is 20.8. The molecule has 0 aliphatic rings. The molecule has 0 unspecified atom stereocenters. The van der Waals surface area contributed by atoms with Gasteiger partial charge in [0, 0.05) is 0 Å². The van der Waals surface area contributed by atoms with Crippen LogP contribution < -0.4 is 5.90 Å². The molecular weight excluding hydrogens is 289 g/mol. The van der Waals surface area contributed by atoms with E-state index < -0.39 is 38.8 Å². The van der Waals surface area contributed by atoms with Crippen molar-refractivity contribution >= 4 is 14.1 Å². The van der Waals surface area contributed by atoms with Crippen molar-refractivity contribution in [2.75, 3.05) is 13.7 Å². The summed E-state index contributed by atoms with van der Waals surface area (Å²) in [5, 5.41) is 36.1. The third kappa shape index (κ3) is 11.1. The molecule has 19 heavy (non-hydrogen) atoms. The van der Waals surface area contributed by atoms with Gasteiger partial charge in [-0.2, -0.15) is 0 Å². The van der Waals surface area contributed by atoms with Gasteiger partial charge in [0.2, 0.25) is 0 Å². The fraction of sp³-hybridized carbons (Fsp3) is 0.857. The highest BCUT2D eigenvalue weighted by molar-refractivity contribution is 7.46. The molecule has 0 aromatic carbocycles. The summed E-state index contributed by atoms with van der Waals surface area (Å²) in [6.07, 6.45) is -7.80. The smallest absolute Gasteiger partial charge is 0.388 e. The van der Waals surface area contributed by atoms with Crippen molar-refractivity contribution in [1.29, 1.82) is 0 Å². The van der Waals surface area contributed by atoms with E-state index in [2.05, 4.69) is 15.3 Å². The van der Waals surface area contributed by atoms with Gasteiger partial charge in [-0.05, 0) is 0 Å². The molecule has 0 saturated carbocycles. The second-order valence-corrected chi connectivity index (χ2v) is 4.44. The van der Waals surface area contributed by atoms with Crippen LogP contribution in [0.15, 0.2) is 0 Å². The zero-order valence-corrected chi connectivity index (χ0v) is 10.8. The maximum atomic E-state index is 10.2. The van der Waals surface area contributed by atoms with E-state index in [9.17, 15) is 9.36 Å². The largest absolute Gasteiger partial charge is 0.469 e. The molecule has 11 nitrogen and oxygen atoms in total. The molecule has 12 heteroatoms. The number of carbonyl (C=O) groups excluding carboxylic acids is 1. The first-order valence-electron chi connectivity index (χ1n) is 4.71. The number of nitrogens with two attached hydrogens (primary N) is 1. The van der Waals surface area contributed by atoms with Crippen LogP contribution in [0.3, 0.4) is 0 Å². The van der Waals surface area contributed by atoms with E-state index in [0.717, 1.165) is 0 Å². The summed E-state index contributed by atoms with van der Waals surface area (Å²) in [5.74, 6) is 4.35. The van der Waals surface area contributed by atoms with Crippen molar-refractivity contribution in [2.45, 2.75) is 24.4 Å². The van der Waals surface area contributed by atoms with E-state index in [1.165, 1.54) is 7.11 Å². The Labute approximate surface area is 108 Å². The van der Waals surface area contributed by atoms with E-state index >= 15 is 0 Å². The van der Waals surface area contributed by atoms with E-state index in [4.69, 9.17) is 30.2 Å². The quantitative estimate of drug-likeness (QED) is 0.138. The molecule has 0 bridgehead atoms. The monoisotopic (exact) mass is 307 g/mol. The molecule has 0 rings (SSSR count). The lowest BCUT2D eigenvalue weighted by atomic mass is 10.0. The Hall–Kier alpha value is -0.460. The Balaban J connectivity index is 0. The van der Waals surface area contributed by atoms with Crippen LogP contribution in [0.5, 0.6) is 0 Å². The molecule has 0 aliphatic heterocycles. The van der Waals surface area contributed by atoms with Gasteiger partial charge in [0.15, 0.2) is 6.29 Å². The Morgan fingerprint density at radius 3 is 1.95 bits per heavy atom. The van der Waals surface area contributed by atoms with Crippen molar-refractivity contribution in [3.8, 4) is 0 Å². The van der Waals surface area contributed by atoms with Gasteiger partial charge in [-0.1, -0.05) is 0 Å². The minimum atomic E-state index is -4.80. The lowest BCUT2D eigenvalue weighted by Gasteiger charge is -2.23. The van der Waals surface area contributed by atoms with Gasteiger partial charge in [0.25, 0.3) is 0 Å². The number of aldehydes is 1. The highest BCUT2D eigenvalue weighted by Crippen LogP contribution is 2.35. The van der Waals surface area contributed by atoms with Crippen LogP contribution in [0.25, 0.3) is 0 Å². The molecule has 0 aromatic heterocycles. The molecule has 0 fully saturated rings. The van der Waals surface area contributed by atoms with Crippen molar-refractivity contribution in [3.63, 3.8) is 0 Å². The van der Waals surface area contributed by atoms with E-state index in [-0.39, 0.29) is 6.29 Å². The molecule has 0 aromatic rings. The number of carbonyl (C=O) groups is 1. The minimum Gasteiger partial charge on any atom is -0.388 e. The first-order valence-corrected chi connectivity index (χ1v) is 6.24. The summed E-state index contributed by atoms with van der Waals surface area (Å²) in [4.78, 5) is 30.3. The molecule has 116 valence electrons. The predicted octanol–water partition coefficient (Wildman–Crippen LogP) is -3.76. The summed E-state index contributed by atoms with van der Waals surface area (Å²) >= 11 is 0. The van der Waals surface area contributed by atoms with Gasteiger partial charge in [0.1, 0.15) is 24.4 Å². The number of hydrogen-bond acceptors (Lipinski definition) is 9. The third-order valence-electron chi connectivity index (χ3n) is 1.65. The Bertz CT molecular complexity index is 283. The van der Waals surface area contributed by atoms with Crippen molar-refractivity contribution < 1.29 is 48.9 Å². The molecule has 0 heterocycles. The molecule has 0 aliphatic carbocycles. The van der Waals surface area contributed by atoms with E-state index in [0.29, 0.717) is 0 Å². The van der Waals surface area contributed by atoms with Crippen molar-refractivity contribution in [2.24, 2.45) is 5.90 Å². The average molecular weight is 307 g/mol. The standard InChI is InChI=1S/C6H13O9P.CH5NO/c7-1-3(8)5(10)6(11)4(9)2-15-16(12,13)14;1-3-2/h1,3-6,8-11H,2H2,(H2,12,13,14);2H2,1H3/t3-,4+,5+,6+;/m0./s1. The Morgan fingerprint density at radius 2 is 1.63 bits per heavy atom. The lowest BCUT2D eigenvalue weighted by Crippen LogP contribution is -2.46. The Morgan fingerprint density at radius 1 is 1.21 bits per heavy atom. The van der Waals surface area contributed by atoms with Crippen LogP contribution in [0.2, 0.25) is 0 Å². The molecule has 4 atom stereocenters. The number of phosphoric ester groups is 1. The van der Waals surface area contributed by atoms with Crippen LogP contribution in [0, 0.1) is 0 Å². The lowest BCUT2D eigenvalue weighted by molar-refractivity contribution is -0.136. The fourth-order valence-electron chi connectivity index (χ4n) is 0.782. The minimum absolute atomic E-state index is 0.0650. The zero-order valence-electron chi connectivity index (χ0n) is 9.93. The molecular formula is C7H18NO10P.